The molecule has 3 rings (SSSR count). The van der Waals surface area contributed by atoms with Crippen molar-refractivity contribution < 1.29 is 0 Å². The summed E-state index contributed by atoms with van der Waals surface area (Å²) >= 11 is 3.66. The molecular formula is C15H21BrN2. The van der Waals surface area contributed by atoms with Gasteiger partial charge in [-0.3, -0.25) is 0 Å². The van der Waals surface area contributed by atoms with Crippen molar-refractivity contribution in [2.75, 3.05) is 19.6 Å². The molecule has 0 amide bonds. The van der Waals surface area contributed by atoms with Crippen LogP contribution in [0.4, 0.5) is 0 Å². The first kappa shape index (κ1) is 12.6. The van der Waals surface area contributed by atoms with Crippen molar-refractivity contribution in [2.45, 2.75) is 25.3 Å². The Morgan fingerprint density at radius 2 is 1.94 bits per heavy atom. The lowest BCUT2D eigenvalue weighted by atomic mass is 9.89. The van der Waals surface area contributed by atoms with Crippen LogP contribution in [0.5, 0.6) is 0 Å². The fourth-order valence-corrected chi connectivity index (χ4v) is 3.26. The summed E-state index contributed by atoms with van der Waals surface area (Å²) in [6.07, 6.45) is 3.95. The van der Waals surface area contributed by atoms with E-state index in [4.69, 9.17) is 0 Å². The second-order valence-corrected chi connectivity index (χ2v) is 6.51. The predicted octanol–water partition coefficient (Wildman–Crippen LogP) is 2.58. The summed E-state index contributed by atoms with van der Waals surface area (Å²) in [4.78, 5) is 0. The third kappa shape index (κ3) is 3.14. The Morgan fingerprint density at radius 1 is 1.17 bits per heavy atom. The molecule has 2 atom stereocenters. The third-order valence-electron chi connectivity index (χ3n) is 4.17. The first-order valence-corrected chi connectivity index (χ1v) is 7.80. The molecule has 0 bridgehead atoms. The van der Waals surface area contributed by atoms with E-state index >= 15 is 0 Å². The van der Waals surface area contributed by atoms with E-state index < -0.39 is 0 Å². The van der Waals surface area contributed by atoms with Crippen molar-refractivity contribution in [3.8, 4) is 0 Å². The minimum Gasteiger partial charge on any atom is -0.316 e. The van der Waals surface area contributed by atoms with Gasteiger partial charge in [-0.2, -0.15) is 0 Å². The van der Waals surface area contributed by atoms with Gasteiger partial charge in [0.2, 0.25) is 0 Å². The zero-order valence-corrected chi connectivity index (χ0v) is 12.2. The van der Waals surface area contributed by atoms with Crippen LogP contribution in [0.1, 0.15) is 18.4 Å². The van der Waals surface area contributed by atoms with Crippen molar-refractivity contribution in [2.24, 2.45) is 11.8 Å². The number of nitrogens with one attached hydrogen (secondary N) is 2. The van der Waals surface area contributed by atoms with Gasteiger partial charge < -0.3 is 10.6 Å². The molecule has 3 heteroatoms. The molecule has 2 N–H and O–H groups in total. The maximum absolute atomic E-state index is 3.68. The molecule has 1 aliphatic carbocycles. The number of hydrogen-bond donors (Lipinski definition) is 2. The van der Waals surface area contributed by atoms with Crippen molar-refractivity contribution >= 4 is 15.9 Å². The zero-order valence-electron chi connectivity index (χ0n) is 10.7. The van der Waals surface area contributed by atoms with Gasteiger partial charge in [0.15, 0.2) is 0 Å². The van der Waals surface area contributed by atoms with Crippen LogP contribution in [0.25, 0.3) is 0 Å². The van der Waals surface area contributed by atoms with Crippen LogP contribution in [-0.2, 0) is 6.42 Å². The largest absolute Gasteiger partial charge is 0.316 e. The SMILES string of the molecule is Brc1ccccc1C[C@@H]1CNC[C@H]1CNC1CC1. The van der Waals surface area contributed by atoms with Crippen LogP contribution in [-0.4, -0.2) is 25.7 Å². The summed E-state index contributed by atoms with van der Waals surface area (Å²) in [5, 5.41) is 7.23. The van der Waals surface area contributed by atoms with E-state index in [1.165, 1.54) is 48.9 Å². The molecule has 1 aliphatic heterocycles. The van der Waals surface area contributed by atoms with Crippen LogP contribution in [0, 0.1) is 11.8 Å². The lowest BCUT2D eigenvalue weighted by Crippen LogP contribution is -2.30. The Morgan fingerprint density at radius 3 is 2.72 bits per heavy atom. The van der Waals surface area contributed by atoms with Crippen molar-refractivity contribution in [1.82, 2.24) is 10.6 Å². The minimum absolute atomic E-state index is 0.773. The number of rotatable bonds is 5. The molecule has 18 heavy (non-hydrogen) atoms. The first-order chi connectivity index (χ1) is 8.83. The number of halogens is 1. The predicted molar refractivity (Wildman–Crippen MR) is 78.7 cm³/mol. The Hall–Kier alpha value is -0.380. The third-order valence-corrected chi connectivity index (χ3v) is 4.94. The van der Waals surface area contributed by atoms with E-state index in [9.17, 15) is 0 Å². The number of hydrogen-bond acceptors (Lipinski definition) is 2. The molecule has 2 aliphatic rings. The standard InChI is InChI=1S/C15H21BrN2/c16-15-4-2-1-3-11(15)7-12-8-17-9-13(12)10-18-14-5-6-14/h1-4,12-14,17-18H,5-10H2/t12-,13+/m1/s1. The van der Waals surface area contributed by atoms with Gasteiger partial charge in [-0.1, -0.05) is 34.1 Å². The molecular weight excluding hydrogens is 288 g/mol. The highest BCUT2D eigenvalue weighted by molar-refractivity contribution is 9.10. The summed E-state index contributed by atoms with van der Waals surface area (Å²) in [7, 11) is 0. The molecule has 1 saturated heterocycles. The van der Waals surface area contributed by atoms with Crippen molar-refractivity contribution in [1.29, 1.82) is 0 Å². The average Bonchev–Trinajstić information content (AvgIpc) is 3.10. The van der Waals surface area contributed by atoms with Crippen molar-refractivity contribution in [3.05, 3.63) is 34.3 Å². The molecule has 2 fully saturated rings. The molecule has 98 valence electrons. The molecule has 0 spiro atoms. The Balaban J connectivity index is 1.58. The van der Waals surface area contributed by atoms with E-state index in [-0.39, 0.29) is 0 Å². The quantitative estimate of drug-likeness (QED) is 0.873. The minimum atomic E-state index is 0.773. The fraction of sp³-hybridized carbons (Fsp3) is 0.600. The smallest absolute Gasteiger partial charge is 0.0207 e. The highest BCUT2D eigenvalue weighted by atomic mass is 79.9. The molecule has 0 unspecified atom stereocenters. The van der Waals surface area contributed by atoms with Gasteiger partial charge in [-0.05, 0) is 62.4 Å². The van der Waals surface area contributed by atoms with Crippen LogP contribution in [0.2, 0.25) is 0 Å². The van der Waals surface area contributed by atoms with Gasteiger partial charge in [0.1, 0.15) is 0 Å². The summed E-state index contributed by atoms with van der Waals surface area (Å²) in [5.41, 5.74) is 1.45. The fourth-order valence-electron chi connectivity index (χ4n) is 2.82. The normalized spacial score (nSPS) is 27.6. The van der Waals surface area contributed by atoms with E-state index in [0.717, 1.165) is 17.9 Å². The molecule has 1 heterocycles. The molecule has 1 aromatic rings. The van der Waals surface area contributed by atoms with Crippen LogP contribution in [0.3, 0.4) is 0 Å². The van der Waals surface area contributed by atoms with E-state index in [2.05, 4.69) is 50.8 Å². The zero-order chi connectivity index (χ0) is 12.4. The monoisotopic (exact) mass is 308 g/mol. The van der Waals surface area contributed by atoms with Crippen LogP contribution >= 0.6 is 15.9 Å². The van der Waals surface area contributed by atoms with E-state index in [1.807, 2.05) is 0 Å². The van der Waals surface area contributed by atoms with Crippen LogP contribution in [0.15, 0.2) is 28.7 Å². The highest BCUT2D eigenvalue weighted by Crippen LogP contribution is 2.26. The van der Waals surface area contributed by atoms with Gasteiger partial charge in [-0.15, -0.1) is 0 Å². The van der Waals surface area contributed by atoms with Gasteiger partial charge in [-0.25, -0.2) is 0 Å². The molecule has 2 nitrogen and oxygen atoms in total. The Bertz CT molecular complexity index is 403. The summed E-state index contributed by atoms with van der Waals surface area (Å²) in [5.74, 6) is 1.56. The van der Waals surface area contributed by atoms with Gasteiger partial charge in [0.25, 0.3) is 0 Å². The summed E-state index contributed by atoms with van der Waals surface area (Å²) < 4.78 is 1.26. The van der Waals surface area contributed by atoms with E-state index in [1.54, 1.807) is 0 Å². The Kier molecular flexibility index (Phi) is 4.02. The lowest BCUT2D eigenvalue weighted by molar-refractivity contribution is 0.391. The highest BCUT2D eigenvalue weighted by Gasteiger charge is 2.29. The van der Waals surface area contributed by atoms with Crippen molar-refractivity contribution in [3.63, 3.8) is 0 Å². The second kappa shape index (κ2) is 5.72. The molecule has 1 aromatic carbocycles. The number of benzene rings is 1. The summed E-state index contributed by atoms with van der Waals surface area (Å²) in [6.45, 7) is 3.53. The summed E-state index contributed by atoms with van der Waals surface area (Å²) in [6, 6.07) is 9.45. The van der Waals surface area contributed by atoms with Gasteiger partial charge in [0.05, 0.1) is 0 Å². The van der Waals surface area contributed by atoms with Gasteiger partial charge in [0, 0.05) is 10.5 Å². The van der Waals surface area contributed by atoms with Crippen LogP contribution < -0.4 is 10.6 Å². The van der Waals surface area contributed by atoms with Gasteiger partial charge >= 0.3 is 0 Å². The average molecular weight is 309 g/mol. The maximum atomic E-state index is 3.68. The lowest BCUT2D eigenvalue weighted by Gasteiger charge is -2.19. The van der Waals surface area contributed by atoms with E-state index in [0.29, 0.717) is 0 Å². The first-order valence-electron chi connectivity index (χ1n) is 7.00. The Labute approximate surface area is 118 Å². The maximum Gasteiger partial charge on any atom is 0.0207 e. The molecule has 0 aromatic heterocycles. The second-order valence-electron chi connectivity index (χ2n) is 5.66. The molecule has 1 saturated carbocycles. The molecule has 0 radical (unpaired) electrons. The topological polar surface area (TPSA) is 24.1 Å².